The van der Waals surface area contributed by atoms with Crippen LogP contribution in [-0.2, 0) is 16.1 Å². The Kier molecular flexibility index (Phi) is 3.66. The van der Waals surface area contributed by atoms with E-state index in [9.17, 15) is 19.5 Å². The maximum absolute atomic E-state index is 12.5. The second-order valence-electron chi connectivity index (χ2n) is 7.57. The van der Waals surface area contributed by atoms with Crippen molar-refractivity contribution in [2.45, 2.75) is 20.4 Å². The topological polar surface area (TPSA) is 103 Å². The zero-order valence-corrected chi connectivity index (χ0v) is 14.8. The van der Waals surface area contributed by atoms with Crippen LogP contribution in [0.4, 0.5) is 0 Å². The third-order valence-electron chi connectivity index (χ3n) is 5.70. The fraction of sp³-hybridized carbons (Fsp3) is 0.421. The van der Waals surface area contributed by atoms with Crippen LogP contribution in [0.15, 0.2) is 23.0 Å². The minimum Gasteiger partial charge on any atom is -0.481 e. The lowest BCUT2D eigenvalue weighted by molar-refractivity contribution is -0.149. The molecule has 2 aromatic rings. The van der Waals surface area contributed by atoms with Crippen molar-refractivity contribution < 1.29 is 14.7 Å². The molecular formula is C19H21N3O4. The number of pyridine rings is 1. The summed E-state index contributed by atoms with van der Waals surface area (Å²) in [5, 5.41) is 13.3. The molecule has 1 aromatic carbocycles. The number of carboxylic acids is 1. The zero-order valence-electron chi connectivity index (χ0n) is 14.8. The summed E-state index contributed by atoms with van der Waals surface area (Å²) in [4.78, 5) is 41.1. The molecule has 0 saturated carbocycles. The highest BCUT2D eigenvalue weighted by molar-refractivity contribution is 5.92. The van der Waals surface area contributed by atoms with Crippen LogP contribution in [0, 0.1) is 25.2 Å². The van der Waals surface area contributed by atoms with E-state index >= 15 is 0 Å². The molecule has 3 N–H and O–H groups in total. The monoisotopic (exact) mass is 355 g/mol. The average Bonchev–Trinajstić information content (AvgIpc) is 3.07. The molecule has 2 aliphatic rings. The fourth-order valence-electron chi connectivity index (χ4n) is 4.39. The van der Waals surface area contributed by atoms with E-state index in [2.05, 4.69) is 10.3 Å². The van der Waals surface area contributed by atoms with Gasteiger partial charge < -0.3 is 15.4 Å². The number of likely N-dealkylation sites (tertiary alicyclic amines) is 1. The Labute approximate surface area is 150 Å². The number of benzene rings is 1. The molecule has 2 saturated heterocycles. The average molecular weight is 355 g/mol. The van der Waals surface area contributed by atoms with Gasteiger partial charge in [0.1, 0.15) is 5.41 Å². The van der Waals surface area contributed by atoms with Gasteiger partial charge in [0, 0.05) is 31.7 Å². The Morgan fingerprint density at radius 1 is 1.31 bits per heavy atom. The molecule has 26 heavy (non-hydrogen) atoms. The van der Waals surface area contributed by atoms with Crippen LogP contribution < -0.4 is 10.9 Å². The summed E-state index contributed by atoms with van der Waals surface area (Å²) >= 11 is 0. The second-order valence-corrected chi connectivity index (χ2v) is 7.57. The summed E-state index contributed by atoms with van der Waals surface area (Å²) in [6.07, 6.45) is 0. The Balaban J connectivity index is 1.66. The molecule has 3 heterocycles. The number of aromatic amines is 1. The molecule has 1 aromatic heterocycles. The summed E-state index contributed by atoms with van der Waals surface area (Å²) in [6.45, 7) is 5.06. The molecule has 0 unspecified atom stereocenters. The smallest absolute Gasteiger partial charge is 0.313 e. The predicted molar refractivity (Wildman–Crippen MR) is 95.9 cm³/mol. The minimum atomic E-state index is -1.09. The van der Waals surface area contributed by atoms with Crippen molar-refractivity contribution in [3.05, 3.63) is 45.2 Å². The third kappa shape index (κ3) is 2.42. The quantitative estimate of drug-likeness (QED) is 0.755. The first-order chi connectivity index (χ1) is 12.3. The van der Waals surface area contributed by atoms with E-state index in [1.807, 2.05) is 36.9 Å². The summed E-state index contributed by atoms with van der Waals surface area (Å²) in [7, 11) is 0. The van der Waals surface area contributed by atoms with Crippen molar-refractivity contribution >= 4 is 22.8 Å². The van der Waals surface area contributed by atoms with Crippen molar-refractivity contribution in [1.29, 1.82) is 0 Å². The number of hydrogen-bond acceptors (Lipinski definition) is 4. The first kappa shape index (κ1) is 16.8. The Bertz CT molecular complexity index is 996. The van der Waals surface area contributed by atoms with E-state index in [0.29, 0.717) is 18.7 Å². The number of rotatable bonds is 3. The number of nitrogens with one attached hydrogen (secondary N) is 2. The molecule has 2 fully saturated rings. The molecule has 2 atom stereocenters. The largest absolute Gasteiger partial charge is 0.481 e. The van der Waals surface area contributed by atoms with Gasteiger partial charge in [-0.15, -0.1) is 0 Å². The number of fused-ring (bicyclic) bond motifs is 2. The molecule has 7 nitrogen and oxygen atoms in total. The highest BCUT2D eigenvalue weighted by Crippen LogP contribution is 2.40. The van der Waals surface area contributed by atoms with Gasteiger partial charge in [-0.25, -0.2) is 0 Å². The number of carbonyl (C=O) groups is 2. The SMILES string of the molecule is Cc1cc(C)c2[nH]c(=O)c(CN3C[C@H]4C(=O)NC[C@@]4(C(=O)O)C3)cc2c1. The number of aliphatic carboxylic acids is 1. The maximum atomic E-state index is 12.5. The summed E-state index contributed by atoms with van der Waals surface area (Å²) < 4.78 is 0. The second kappa shape index (κ2) is 5.67. The Morgan fingerprint density at radius 3 is 2.77 bits per heavy atom. The molecule has 0 bridgehead atoms. The standard InChI is InChI=1S/C19H21N3O4/c1-10-3-11(2)15-12(4-10)5-13(16(23)21-15)6-22-7-14-17(24)20-8-19(14,9-22)18(25)26/h3-5,14H,6-9H2,1-2H3,(H,20,24)(H,21,23)(H,25,26)/t14-,19+/m0/s1. The van der Waals surface area contributed by atoms with E-state index in [4.69, 9.17) is 0 Å². The van der Waals surface area contributed by atoms with E-state index in [-0.39, 0.29) is 24.6 Å². The van der Waals surface area contributed by atoms with Crippen LogP contribution in [-0.4, -0.2) is 46.5 Å². The zero-order chi connectivity index (χ0) is 18.6. The van der Waals surface area contributed by atoms with Crippen LogP contribution in [0.5, 0.6) is 0 Å². The summed E-state index contributed by atoms with van der Waals surface area (Å²) in [5.74, 6) is -1.74. The highest BCUT2D eigenvalue weighted by atomic mass is 16.4. The molecule has 4 rings (SSSR count). The number of carbonyl (C=O) groups excluding carboxylic acids is 1. The molecular weight excluding hydrogens is 334 g/mol. The summed E-state index contributed by atoms with van der Waals surface area (Å²) in [6, 6.07) is 5.91. The van der Waals surface area contributed by atoms with Gasteiger partial charge in [-0.05, 0) is 36.9 Å². The van der Waals surface area contributed by atoms with Gasteiger partial charge in [-0.1, -0.05) is 11.6 Å². The highest BCUT2D eigenvalue weighted by Gasteiger charge is 2.59. The van der Waals surface area contributed by atoms with Crippen LogP contribution in [0.1, 0.15) is 16.7 Å². The molecule has 0 aliphatic carbocycles. The molecule has 0 radical (unpaired) electrons. The normalized spacial score (nSPS) is 25.5. The van der Waals surface area contributed by atoms with Gasteiger partial charge in [0.2, 0.25) is 5.91 Å². The number of hydrogen-bond donors (Lipinski definition) is 3. The number of nitrogens with zero attached hydrogens (tertiary/aromatic N) is 1. The van der Waals surface area contributed by atoms with Gasteiger partial charge in [0.05, 0.1) is 11.4 Å². The summed E-state index contributed by atoms with van der Waals surface area (Å²) in [5.41, 5.74) is 2.28. The first-order valence-corrected chi connectivity index (χ1v) is 8.67. The van der Waals surface area contributed by atoms with Crippen LogP contribution in [0.3, 0.4) is 0 Å². The van der Waals surface area contributed by atoms with Gasteiger partial charge >= 0.3 is 5.97 Å². The van der Waals surface area contributed by atoms with E-state index in [1.165, 1.54) is 0 Å². The number of aryl methyl sites for hydroxylation is 2. The third-order valence-corrected chi connectivity index (χ3v) is 5.70. The Hall–Kier alpha value is -2.67. The molecule has 7 heteroatoms. The van der Waals surface area contributed by atoms with Crippen molar-refractivity contribution in [3.63, 3.8) is 0 Å². The molecule has 0 spiro atoms. The number of carboxylic acid groups (broad SMARTS) is 1. The van der Waals surface area contributed by atoms with E-state index < -0.39 is 17.3 Å². The minimum absolute atomic E-state index is 0.148. The van der Waals surface area contributed by atoms with Gasteiger partial charge in [0.15, 0.2) is 0 Å². The van der Waals surface area contributed by atoms with Gasteiger partial charge in [-0.3, -0.25) is 19.3 Å². The van der Waals surface area contributed by atoms with Crippen LogP contribution in [0.2, 0.25) is 0 Å². The number of aromatic nitrogens is 1. The van der Waals surface area contributed by atoms with Crippen molar-refractivity contribution in [2.24, 2.45) is 11.3 Å². The van der Waals surface area contributed by atoms with Crippen molar-refractivity contribution in [3.8, 4) is 0 Å². The van der Waals surface area contributed by atoms with E-state index in [1.54, 1.807) is 0 Å². The van der Waals surface area contributed by atoms with E-state index in [0.717, 1.165) is 22.0 Å². The van der Waals surface area contributed by atoms with Gasteiger partial charge in [-0.2, -0.15) is 0 Å². The van der Waals surface area contributed by atoms with Crippen molar-refractivity contribution in [1.82, 2.24) is 15.2 Å². The number of H-pyrrole nitrogens is 1. The van der Waals surface area contributed by atoms with Crippen LogP contribution in [0.25, 0.3) is 10.9 Å². The maximum Gasteiger partial charge on any atom is 0.313 e. The lowest BCUT2D eigenvalue weighted by atomic mass is 9.81. The lowest BCUT2D eigenvalue weighted by Gasteiger charge is -2.21. The molecule has 2 aliphatic heterocycles. The predicted octanol–water partition coefficient (Wildman–Crippen LogP) is 0.778. The Morgan fingerprint density at radius 2 is 2.08 bits per heavy atom. The first-order valence-electron chi connectivity index (χ1n) is 8.67. The van der Waals surface area contributed by atoms with Crippen molar-refractivity contribution in [2.75, 3.05) is 19.6 Å². The van der Waals surface area contributed by atoms with Crippen LogP contribution >= 0.6 is 0 Å². The lowest BCUT2D eigenvalue weighted by Crippen LogP contribution is -2.40. The number of amides is 1. The fourth-order valence-corrected chi connectivity index (χ4v) is 4.39. The van der Waals surface area contributed by atoms with Gasteiger partial charge in [0.25, 0.3) is 5.56 Å². The molecule has 136 valence electrons. The molecule has 1 amide bonds.